The van der Waals surface area contributed by atoms with Gasteiger partial charge in [0, 0.05) is 46.0 Å². The van der Waals surface area contributed by atoms with Gasteiger partial charge in [-0.25, -0.2) is 0 Å². The maximum Gasteiger partial charge on any atom is 0.0402 e. The van der Waals surface area contributed by atoms with Crippen LogP contribution in [0.3, 0.4) is 0 Å². The van der Waals surface area contributed by atoms with E-state index in [0.29, 0.717) is 5.92 Å². The summed E-state index contributed by atoms with van der Waals surface area (Å²) in [6.45, 7) is 9.98. The molecule has 2 rings (SSSR count). The quantitative estimate of drug-likeness (QED) is 0.639. The van der Waals surface area contributed by atoms with Crippen LogP contribution in [0.4, 0.5) is 0 Å². The van der Waals surface area contributed by atoms with Gasteiger partial charge >= 0.3 is 0 Å². The van der Waals surface area contributed by atoms with Crippen LogP contribution < -0.4 is 0 Å². The van der Waals surface area contributed by atoms with Crippen LogP contribution in [0.2, 0.25) is 0 Å². The third-order valence-electron chi connectivity index (χ3n) is 2.50. The summed E-state index contributed by atoms with van der Waals surface area (Å²) >= 11 is 0. The number of rotatable bonds is 2. The van der Waals surface area contributed by atoms with Crippen LogP contribution in [0.15, 0.2) is 47.6 Å². The fourth-order valence-electron chi connectivity index (χ4n) is 1.68. The fraction of sp³-hybridized carbons (Fsp3) is 0.500. The molecular weight excluding hydrogens is 355 g/mol. The van der Waals surface area contributed by atoms with Gasteiger partial charge in [-0.1, -0.05) is 47.6 Å². The second kappa shape index (κ2) is 20.7. The molecule has 0 amide bonds. The maximum atomic E-state index is 7.57. The average molecular weight is 387 g/mol. The summed E-state index contributed by atoms with van der Waals surface area (Å²) in [6, 6.07) is 0. The normalized spacial score (nSPS) is 13.6. The first-order valence-electron chi connectivity index (χ1n) is 7.49. The molecule has 0 aromatic carbocycles. The number of aliphatic hydroxyl groups is 3. The van der Waals surface area contributed by atoms with E-state index in [1.54, 1.807) is 20.8 Å². The van der Waals surface area contributed by atoms with Crippen LogP contribution in [0, 0.1) is 12.8 Å². The van der Waals surface area contributed by atoms with Crippen LogP contribution in [0.5, 0.6) is 0 Å². The minimum absolute atomic E-state index is 0. The average Bonchev–Trinajstić information content (AvgIpc) is 3.15. The fourth-order valence-corrected chi connectivity index (χ4v) is 1.68. The van der Waals surface area contributed by atoms with Crippen molar-refractivity contribution in [3.8, 4) is 0 Å². The summed E-state index contributed by atoms with van der Waals surface area (Å²) in [6.07, 6.45) is 15.2. The van der Waals surface area contributed by atoms with E-state index in [1.807, 2.05) is 0 Å². The van der Waals surface area contributed by atoms with Crippen molar-refractivity contribution in [2.45, 2.75) is 33.6 Å². The molecule has 0 aromatic rings. The van der Waals surface area contributed by atoms with Crippen molar-refractivity contribution in [3.63, 3.8) is 0 Å². The van der Waals surface area contributed by atoms with Gasteiger partial charge in [0.15, 0.2) is 0 Å². The summed E-state index contributed by atoms with van der Waals surface area (Å²) in [7, 11) is 0. The van der Waals surface area contributed by atoms with E-state index in [1.165, 1.54) is 11.1 Å². The summed E-state index contributed by atoms with van der Waals surface area (Å²) in [5.41, 5.74) is 2.90. The predicted octanol–water partition coefficient (Wildman–Crippen LogP) is 3.20. The minimum Gasteiger partial charge on any atom is -0.397 e. The van der Waals surface area contributed by atoms with Gasteiger partial charge in [-0.2, -0.15) is 0 Å². The van der Waals surface area contributed by atoms with E-state index < -0.39 is 0 Å². The Morgan fingerprint density at radius 3 is 1.32 bits per heavy atom. The molecule has 0 heterocycles. The standard InChI is InChI=1S/C12H13.3C2H6O.Zr/c1-10(11-6-2-3-7-11)12-8-4-5-9-12;3*1-2-3;/h2-6,8,10H,1,7,9H2;3*3H,2H2,1H3;/q-1;;;;. The van der Waals surface area contributed by atoms with Crippen molar-refractivity contribution >= 4 is 0 Å². The molecule has 0 bridgehead atoms. The Kier molecular flexibility index (Phi) is 25.1. The zero-order chi connectivity index (χ0) is 16.5. The van der Waals surface area contributed by atoms with Crippen molar-refractivity contribution in [1.29, 1.82) is 0 Å². The predicted molar refractivity (Wildman–Crippen MR) is 90.8 cm³/mol. The molecular formula is C18H31O3Zr-. The van der Waals surface area contributed by atoms with E-state index in [-0.39, 0.29) is 46.0 Å². The topological polar surface area (TPSA) is 60.7 Å². The van der Waals surface area contributed by atoms with E-state index in [4.69, 9.17) is 15.3 Å². The van der Waals surface area contributed by atoms with Crippen LogP contribution in [-0.2, 0) is 26.2 Å². The van der Waals surface area contributed by atoms with Gasteiger partial charge in [-0.15, -0.1) is 5.92 Å². The molecule has 3 N–H and O–H groups in total. The van der Waals surface area contributed by atoms with Crippen LogP contribution in [0.1, 0.15) is 33.6 Å². The van der Waals surface area contributed by atoms with Gasteiger partial charge in [0.25, 0.3) is 0 Å². The molecule has 2 aliphatic carbocycles. The second-order valence-corrected chi connectivity index (χ2v) is 4.25. The smallest absolute Gasteiger partial charge is 0.0402 e. The Balaban J connectivity index is -0.000000307. The van der Waals surface area contributed by atoms with Crippen molar-refractivity contribution in [2.75, 3.05) is 19.8 Å². The van der Waals surface area contributed by atoms with E-state index in [0.717, 1.165) is 12.8 Å². The Morgan fingerprint density at radius 2 is 1.14 bits per heavy atom. The molecule has 0 spiro atoms. The van der Waals surface area contributed by atoms with Crippen LogP contribution >= 0.6 is 0 Å². The molecule has 0 aliphatic heterocycles. The zero-order valence-electron chi connectivity index (χ0n) is 14.1. The van der Waals surface area contributed by atoms with Crippen molar-refractivity contribution in [2.24, 2.45) is 5.92 Å². The van der Waals surface area contributed by atoms with Gasteiger partial charge in [-0.05, 0) is 33.6 Å². The Bertz CT molecular complexity index is 309. The molecule has 126 valence electrons. The van der Waals surface area contributed by atoms with Crippen molar-refractivity contribution < 1.29 is 41.5 Å². The second-order valence-electron chi connectivity index (χ2n) is 4.25. The Morgan fingerprint density at radius 1 is 0.864 bits per heavy atom. The molecule has 0 saturated carbocycles. The Hall–Kier alpha value is -0.277. The minimum atomic E-state index is 0. The third kappa shape index (κ3) is 14.7. The molecule has 0 saturated heterocycles. The molecule has 3 nitrogen and oxygen atoms in total. The van der Waals surface area contributed by atoms with Gasteiger partial charge < -0.3 is 22.2 Å². The van der Waals surface area contributed by atoms with Gasteiger partial charge in [0.2, 0.25) is 0 Å². The molecule has 0 atom stereocenters. The number of hydrogen-bond donors (Lipinski definition) is 3. The third-order valence-corrected chi connectivity index (χ3v) is 2.50. The van der Waals surface area contributed by atoms with Gasteiger partial charge in [0.1, 0.15) is 0 Å². The van der Waals surface area contributed by atoms with E-state index in [2.05, 4.69) is 43.4 Å². The van der Waals surface area contributed by atoms with Gasteiger partial charge in [-0.3, -0.25) is 0 Å². The summed E-state index contributed by atoms with van der Waals surface area (Å²) in [5, 5.41) is 22.7. The number of allylic oxidation sites excluding steroid dienone is 8. The largest absolute Gasteiger partial charge is 0.397 e. The van der Waals surface area contributed by atoms with Crippen LogP contribution in [-0.4, -0.2) is 35.1 Å². The van der Waals surface area contributed by atoms with Crippen molar-refractivity contribution in [1.82, 2.24) is 0 Å². The van der Waals surface area contributed by atoms with Crippen LogP contribution in [0.25, 0.3) is 0 Å². The molecule has 4 heteroatoms. The molecule has 0 aromatic heterocycles. The number of aliphatic hydroxyl groups excluding tert-OH is 3. The monoisotopic (exact) mass is 385 g/mol. The first-order valence-corrected chi connectivity index (χ1v) is 7.49. The summed E-state index contributed by atoms with van der Waals surface area (Å²) < 4.78 is 0. The first-order chi connectivity index (χ1) is 10.1. The Labute approximate surface area is 155 Å². The number of hydrogen-bond acceptors (Lipinski definition) is 3. The summed E-state index contributed by atoms with van der Waals surface area (Å²) in [4.78, 5) is 0. The molecule has 0 fully saturated rings. The maximum absolute atomic E-state index is 7.57. The summed E-state index contributed by atoms with van der Waals surface area (Å²) in [5.74, 6) is 0.398. The van der Waals surface area contributed by atoms with Gasteiger partial charge in [0.05, 0.1) is 0 Å². The van der Waals surface area contributed by atoms with E-state index >= 15 is 0 Å². The SMILES string of the molecule is CCO.CCO.CCO.[CH2-]C(C1=CC=CC1)C1=CC=CC1.[Zr]. The molecule has 0 unspecified atom stereocenters. The molecule has 2 aliphatic rings. The first kappa shape index (κ1) is 26.6. The molecule has 0 radical (unpaired) electrons. The van der Waals surface area contributed by atoms with E-state index in [9.17, 15) is 0 Å². The van der Waals surface area contributed by atoms with Crippen molar-refractivity contribution in [3.05, 3.63) is 54.5 Å². The molecule has 22 heavy (non-hydrogen) atoms. The zero-order valence-corrected chi connectivity index (χ0v) is 16.6.